The van der Waals surface area contributed by atoms with E-state index in [1.807, 2.05) is 0 Å². The van der Waals surface area contributed by atoms with Crippen LogP contribution in [0.4, 0.5) is 11.5 Å². The zero-order valence-electron chi connectivity index (χ0n) is 10.3. The van der Waals surface area contributed by atoms with Crippen LogP contribution in [0.2, 0.25) is 20.2 Å². The number of halogens is 4. The van der Waals surface area contributed by atoms with Crippen molar-refractivity contribution in [2.75, 3.05) is 10.7 Å². The molecule has 2 rings (SSSR count). The molecule has 0 spiro atoms. The molecule has 0 bridgehead atoms. The van der Waals surface area contributed by atoms with Crippen LogP contribution in [0.1, 0.15) is 10.4 Å². The number of rotatable bonds is 3. The Kier molecular flexibility index (Phi) is 5.13. The Morgan fingerprint density at radius 2 is 1.67 bits per heavy atom. The SMILES string of the molecule is NNc1cc(C(=O)Nc2c(Cl)cc(Cl)cc2Cl)cc(Cl)n1. The van der Waals surface area contributed by atoms with Crippen molar-refractivity contribution in [1.29, 1.82) is 0 Å². The average Bonchev–Trinajstić information content (AvgIpc) is 2.41. The van der Waals surface area contributed by atoms with Crippen molar-refractivity contribution in [3.05, 3.63) is 50.0 Å². The summed E-state index contributed by atoms with van der Waals surface area (Å²) in [5.74, 6) is 5.03. The molecule has 0 saturated heterocycles. The van der Waals surface area contributed by atoms with Gasteiger partial charge in [-0.15, -0.1) is 0 Å². The summed E-state index contributed by atoms with van der Waals surface area (Å²) in [6.07, 6.45) is 0. The highest BCUT2D eigenvalue weighted by molar-refractivity contribution is 6.42. The third kappa shape index (κ3) is 3.90. The summed E-state index contributed by atoms with van der Waals surface area (Å²) in [5, 5.41) is 3.51. The second-order valence-electron chi connectivity index (χ2n) is 3.91. The van der Waals surface area contributed by atoms with Gasteiger partial charge in [-0.1, -0.05) is 46.4 Å². The smallest absolute Gasteiger partial charge is 0.255 e. The topological polar surface area (TPSA) is 80.0 Å². The second kappa shape index (κ2) is 6.68. The van der Waals surface area contributed by atoms with Crippen molar-refractivity contribution in [1.82, 2.24) is 4.98 Å². The van der Waals surface area contributed by atoms with Crippen LogP contribution >= 0.6 is 46.4 Å². The Labute approximate surface area is 140 Å². The monoisotopic (exact) mass is 364 g/mol. The van der Waals surface area contributed by atoms with Crippen LogP contribution in [0, 0.1) is 0 Å². The molecule has 0 aliphatic heterocycles. The maximum absolute atomic E-state index is 12.2. The molecule has 1 amide bonds. The number of nitrogens with zero attached hydrogens (tertiary/aromatic N) is 1. The van der Waals surface area contributed by atoms with Crippen molar-refractivity contribution in [2.24, 2.45) is 5.84 Å². The van der Waals surface area contributed by atoms with Crippen LogP contribution in [-0.4, -0.2) is 10.9 Å². The van der Waals surface area contributed by atoms with Crippen LogP contribution in [0.15, 0.2) is 24.3 Å². The van der Waals surface area contributed by atoms with Crippen LogP contribution in [-0.2, 0) is 0 Å². The number of carbonyl (C=O) groups is 1. The van der Waals surface area contributed by atoms with Crippen molar-refractivity contribution in [2.45, 2.75) is 0 Å². The summed E-state index contributed by atoms with van der Waals surface area (Å²) in [5.41, 5.74) is 2.81. The van der Waals surface area contributed by atoms with E-state index < -0.39 is 5.91 Å². The third-order valence-corrected chi connectivity index (χ3v) is 3.46. The first-order chi connectivity index (χ1) is 9.90. The molecule has 0 unspecified atom stereocenters. The number of nitrogens with one attached hydrogen (secondary N) is 2. The zero-order valence-corrected chi connectivity index (χ0v) is 13.3. The average molecular weight is 366 g/mol. The molecule has 2 aromatic rings. The number of nitrogens with two attached hydrogens (primary N) is 1. The number of aromatic nitrogens is 1. The largest absolute Gasteiger partial charge is 0.319 e. The lowest BCUT2D eigenvalue weighted by Gasteiger charge is -2.10. The zero-order chi connectivity index (χ0) is 15.6. The van der Waals surface area contributed by atoms with Gasteiger partial charge in [-0.05, 0) is 24.3 Å². The molecule has 9 heteroatoms. The number of pyridine rings is 1. The molecule has 110 valence electrons. The summed E-state index contributed by atoms with van der Waals surface area (Å²) < 4.78 is 0. The van der Waals surface area contributed by atoms with Gasteiger partial charge in [0.05, 0.1) is 15.7 Å². The molecule has 4 N–H and O–H groups in total. The number of anilines is 2. The van der Waals surface area contributed by atoms with Crippen molar-refractivity contribution >= 4 is 63.8 Å². The number of nitrogen functional groups attached to an aromatic ring is 1. The lowest BCUT2D eigenvalue weighted by molar-refractivity contribution is 0.102. The van der Waals surface area contributed by atoms with Gasteiger partial charge in [-0.2, -0.15) is 0 Å². The highest BCUT2D eigenvalue weighted by atomic mass is 35.5. The summed E-state index contributed by atoms with van der Waals surface area (Å²) >= 11 is 23.6. The van der Waals surface area contributed by atoms with E-state index in [2.05, 4.69) is 15.7 Å². The molecule has 0 atom stereocenters. The summed E-state index contributed by atoms with van der Waals surface area (Å²) in [7, 11) is 0. The van der Waals surface area contributed by atoms with Gasteiger partial charge in [0.1, 0.15) is 11.0 Å². The first kappa shape index (κ1) is 16.1. The number of hydrazine groups is 1. The Bertz CT molecular complexity index is 685. The molecule has 0 radical (unpaired) electrons. The lowest BCUT2D eigenvalue weighted by atomic mass is 10.2. The minimum Gasteiger partial charge on any atom is -0.319 e. The fourth-order valence-corrected chi connectivity index (χ4v) is 2.67. The quantitative estimate of drug-likeness (QED) is 0.432. The maximum Gasteiger partial charge on any atom is 0.255 e. The maximum atomic E-state index is 12.2. The van der Waals surface area contributed by atoms with Gasteiger partial charge in [-0.3, -0.25) is 4.79 Å². The van der Waals surface area contributed by atoms with Crippen LogP contribution in [0.25, 0.3) is 0 Å². The van der Waals surface area contributed by atoms with Gasteiger partial charge >= 0.3 is 0 Å². The van der Waals surface area contributed by atoms with Gasteiger partial charge in [0.15, 0.2) is 0 Å². The third-order valence-electron chi connectivity index (χ3n) is 2.45. The molecule has 21 heavy (non-hydrogen) atoms. The number of amides is 1. The van der Waals surface area contributed by atoms with Gasteiger partial charge in [0.2, 0.25) is 0 Å². The number of hydrogen-bond donors (Lipinski definition) is 3. The van der Waals surface area contributed by atoms with Gasteiger partial charge in [0.25, 0.3) is 5.91 Å². The van der Waals surface area contributed by atoms with Crippen LogP contribution < -0.4 is 16.6 Å². The highest BCUT2D eigenvalue weighted by Gasteiger charge is 2.14. The Balaban J connectivity index is 2.32. The van der Waals surface area contributed by atoms with E-state index in [0.717, 1.165) is 0 Å². The number of carbonyl (C=O) groups excluding carboxylic acids is 1. The number of hydrogen-bond acceptors (Lipinski definition) is 4. The Hall–Kier alpha value is -1.24. The van der Waals surface area contributed by atoms with E-state index in [9.17, 15) is 4.79 Å². The highest BCUT2D eigenvalue weighted by Crippen LogP contribution is 2.34. The standard InChI is InChI=1S/C12H8Cl4N4O/c13-6-3-7(14)11(8(15)4-6)19-12(21)5-1-9(16)18-10(2-5)20-17/h1-4H,17H2,(H,18,20)(H,19,21). The molecule has 0 fully saturated rings. The second-order valence-corrected chi connectivity index (χ2v) is 5.54. The lowest BCUT2D eigenvalue weighted by Crippen LogP contribution is -2.15. The first-order valence-corrected chi connectivity index (χ1v) is 7.02. The van der Waals surface area contributed by atoms with E-state index in [0.29, 0.717) is 5.02 Å². The summed E-state index contributed by atoms with van der Waals surface area (Å²) in [6, 6.07) is 5.75. The van der Waals surface area contributed by atoms with Crippen LogP contribution in [0.5, 0.6) is 0 Å². The van der Waals surface area contributed by atoms with E-state index in [1.54, 1.807) is 0 Å². The molecule has 1 aromatic heterocycles. The Morgan fingerprint density at radius 1 is 1.05 bits per heavy atom. The fourth-order valence-electron chi connectivity index (χ4n) is 1.55. The summed E-state index contributed by atoms with van der Waals surface area (Å²) in [4.78, 5) is 16.1. The molecule has 0 aliphatic carbocycles. The Morgan fingerprint density at radius 3 is 2.24 bits per heavy atom. The van der Waals surface area contributed by atoms with E-state index in [-0.39, 0.29) is 32.3 Å². The van der Waals surface area contributed by atoms with E-state index in [4.69, 9.17) is 52.2 Å². The molecular weight excluding hydrogens is 358 g/mol. The number of benzene rings is 1. The van der Waals surface area contributed by atoms with Gasteiger partial charge in [0, 0.05) is 10.6 Å². The minimum atomic E-state index is -0.470. The summed E-state index contributed by atoms with van der Waals surface area (Å²) in [6.45, 7) is 0. The van der Waals surface area contributed by atoms with Gasteiger partial charge < -0.3 is 10.7 Å². The minimum absolute atomic E-state index is 0.115. The molecule has 0 saturated carbocycles. The molecule has 0 aliphatic rings. The van der Waals surface area contributed by atoms with E-state index >= 15 is 0 Å². The van der Waals surface area contributed by atoms with Crippen molar-refractivity contribution in [3.8, 4) is 0 Å². The molecular formula is C12H8Cl4N4O. The van der Waals surface area contributed by atoms with Crippen molar-refractivity contribution < 1.29 is 4.79 Å². The van der Waals surface area contributed by atoms with E-state index in [1.165, 1.54) is 24.3 Å². The molecule has 1 heterocycles. The predicted molar refractivity (Wildman–Crippen MR) is 86.5 cm³/mol. The molecule has 5 nitrogen and oxygen atoms in total. The normalized spacial score (nSPS) is 10.3. The first-order valence-electron chi connectivity index (χ1n) is 5.51. The van der Waals surface area contributed by atoms with Crippen LogP contribution in [0.3, 0.4) is 0 Å². The molecule has 1 aromatic carbocycles. The predicted octanol–water partition coefficient (Wildman–Crippen LogP) is 4.23. The van der Waals surface area contributed by atoms with Gasteiger partial charge in [-0.25, -0.2) is 10.8 Å². The van der Waals surface area contributed by atoms with Crippen molar-refractivity contribution in [3.63, 3.8) is 0 Å². The fraction of sp³-hybridized carbons (Fsp3) is 0.